The number of rotatable bonds is 8. The summed E-state index contributed by atoms with van der Waals surface area (Å²) in [5, 5.41) is 3.79. The maximum atomic E-state index is 13.7. The first-order valence-electron chi connectivity index (χ1n) is 8.06. The Hall–Kier alpha value is -1.78. The quantitative estimate of drug-likeness (QED) is 0.729. The Morgan fingerprint density at radius 1 is 1.17 bits per heavy atom. The van der Waals surface area contributed by atoms with Crippen LogP contribution in [0.2, 0.25) is 5.02 Å². The molecule has 24 heavy (non-hydrogen) atoms. The zero-order valence-electron chi connectivity index (χ0n) is 14.2. The van der Waals surface area contributed by atoms with Gasteiger partial charge in [0.05, 0.1) is 11.6 Å². The van der Waals surface area contributed by atoms with Crippen molar-refractivity contribution in [3.63, 3.8) is 0 Å². The normalized spacial score (nSPS) is 10.9. The summed E-state index contributed by atoms with van der Waals surface area (Å²) in [6, 6.07) is 10.6. The molecule has 130 valence electrons. The van der Waals surface area contributed by atoms with Gasteiger partial charge >= 0.3 is 0 Å². The summed E-state index contributed by atoms with van der Waals surface area (Å²) < 4.78 is 25.1. The van der Waals surface area contributed by atoms with E-state index in [0.29, 0.717) is 41.3 Å². The molecule has 0 aromatic heterocycles. The van der Waals surface area contributed by atoms with Crippen LogP contribution in [0.1, 0.15) is 31.9 Å². The highest BCUT2D eigenvalue weighted by molar-refractivity contribution is 6.32. The average Bonchev–Trinajstić information content (AvgIpc) is 2.54. The minimum absolute atomic E-state index is 0.0933. The molecular weight excluding hydrogens is 329 g/mol. The van der Waals surface area contributed by atoms with E-state index in [0.717, 1.165) is 5.56 Å². The molecule has 0 amide bonds. The molecule has 0 aliphatic heterocycles. The smallest absolute Gasteiger partial charge is 0.180 e. The third kappa shape index (κ3) is 5.11. The van der Waals surface area contributed by atoms with Gasteiger partial charge in [-0.3, -0.25) is 0 Å². The molecule has 3 nitrogen and oxygen atoms in total. The molecule has 0 bridgehead atoms. The molecule has 5 heteroatoms. The average molecular weight is 352 g/mol. The molecule has 2 rings (SSSR count). The Morgan fingerprint density at radius 2 is 1.92 bits per heavy atom. The highest BCUT2D eigenvalue weighted by atomic mass is 35.5. The van der Waals surface area contributed by atoms with Gasteiger partial charge < -0.3 is 14.8 Å². The zero-order valence-corrected chi connectivity index (χ0v) is 15.0. The molecule has 0 saturated carbocycles. The third-order valence-electron chi connectivity index (χ3n) is 3.41. The molecule has 2 aromatic carbocycles. The van der Waals surface area contributed by atoms with Crippen molar-refractivity contribution >= 4 is 11.6 Å². The molecule has 0 aliphatic rings. The highest BCUT2D eigenvalue weighted by Gasteiger charge is 2.14. The number of hydrogen-bond acceptors (Lipinski definition) is 3. The molecule has 0 radical (unpaired) electrons. The van der Waals surface area contributed by atoms with Crippen LogP contribution in [0.25, 0.3) is 0 Å². The van der Waals surface area contributed by atoms with Crippen molar-refractivity contribution in [3.05, 3.63) is 58.4 Å². The lowest BCUT2D eigenvalue weighted by Crippen LogP contribution is -2.21. The van der Waals surface area contributed by atoms with Gasteiger partial charge in [-0.1, -0.05) is 43.6 Å². The summed E-state index contributed by atoms with van der Waals surface area (Å²) in [6.07, 6.45) is 0. The van der Waals surface area contributed by atoms with Gasteiger partial charge in [-0.15, -0.1) is 0 Å². The van der Waals surface area contributed by atoms with Crippen LogP contribution < -0.4 is 14.8 Å². The van der Waals surface area contributed by atoms with Crippen molar-refractivity contribution in [1.82, 2.24) is 5.32 Å². The summed E-state index contributed by atoms with van der Waals surface area (Å²) >= 11 is 6.37. The number of nitrogens with one attached hydrogen (secondary N) is 1. The van der Waals surface area contributed by atoms with Crippen molar-refractivity contribution in [1.29, 1.82) is 0 Å². The van der Waals surface area contributed by atoms with E-state index in [1.165, 1.54) is 6.07 Å². The Labute approximate surface area is 147 Å². The molecule has 0 spiro atoms. The largest absolute Gasteiger partial charge is 0.490 e. The maximum Gasteiger partial charge on any atom is 0.180 e. The Bertz CT molecular complexity index is 676. The minimum Gasteiger partial charge on any atom is -0.490 e. The molecular formula is C19H23ClFNO2. The topological polar surface area (TPSA) is 30.5 Å². The highest BCUT2D eigenvalue weighted by Crippen LogP contribution is 2.37. The van der Waals surface area contributed by atoms with Gasteiger partial charge in [0.25, 0.3) is 0 Å². The third-order valence-corrected chi connectivity index (χ3v) is 3.69. The van der Waals surface area contributed by atoms with Gasteiger partial charge in [0.15, 0.2) is 11.5 Å². The van der Waals surface area contributed by atoms with Crippen LogP contribution in [-0.2, 0) is 13.2 Å². The molecule has 0 heterocycles. The first kappa shape index (κ1) is 18.6. The Balaban J connectivity index is 2.19. The number of halogens is 2. The second-order valence-electron chi connectivity index (χ2n) is 5.75. The first-order valence-corrected chi connectivity index (χ1v) is 8.43. The zero-order chi connectivity index (χ0) is 17.5. The summed E-state index contributed by atoms with van der Waals surface area (Å²) in [5.41, 5.74) is 1.48. The van der Waals surface area contributed by atoms with E-state index in [-0.39, 0.29) is 12.4 Å². The lowest BCUT2D eigenvalue weighted by atomic mass is 10.2. The lowest BCUT2D eigenvalue weighted by Gasteiger charge is -2.16. The van der Waals surface area contributed by atoms with Crippen molar-refractivity contribution in [2.45, 2.75) is 40.0 Å². The molecule has 0 atom stereocenters. The van der Waals surface area contributed by atoms with Crippen molar-refractivity contribution in [3.8, 4) is 11.5 Å². The summed E-state index contributed by atoms with van der Waals surface area (Å²) in [5.74, 6) is 0.710. The Morgan fingerprint density at radius 3 is 2.58 bits per heavy atom. The molecule has 0 fully saturated rings. The number of ether oxygens (including phenoxy) is 2. The van der Waals surface area contributed by atoms with Crippen LogP contribution in [0.15, 0.2) is 36.4 Å². The van der Waals surface area contributed by atoms with E-state index in [9.17, 15) is 4.39 Å². The number of benzene rings is 2. The van der Waals surface area contributed by atoms with E-state index in [1.54, 1.807) is 18.2 Å². The molecule has 0 aliphatic carbocycles. The number of hydrogen-bond donors (Lipinski definition) is 1. The van der Waals surface area contributed by atoms with E-state index in [2.05, 4.69) is 19.2 Å². The predicted octanol–water partition coefficient (Wildman–Crippen LogP) is 4.95. The van der Waals surface area contributed by atoms with Gasteiger partial charge in [0.2, 0.25) is 0 Å². The second kappa shape index (κ2) is 8.90. The minimum atomic E-state index is -0.302. The van der Waals surface area contributed by atoms with E-state index < -0.39 is 0 Å². The van der Waals surface area contributed by atoms with Crippen LogP contribution in [0.4, 0.5) is 4.39 Å². The summed E-state index contributed by atoms with van der Waals surface area (Å²) in [7, 11) is 0. The Kier molecular flexibility index (Phi) is 6.88. The van der Waals surface area contributed by atoms with Crippen LogP contribution >= 0.6 is 11.6 Å². The first-order chi connectivity index (χ1) is 11.5. The molecule has 0 unspecified atom stereocenters. The van der Waals surface area contributed by atoms with Gasteiger partial charge in [0, 0.05) is 18.2 Å². The lowest BCUT2D eigenvalue weighted by molar-refractivity contribution is 0.265. The maximum absolute atomic E-state index is 13.7. The molecule has 2 aromatic rings. The van der Waals surface area contributed by atoms with Gasteiger partial charge in [-0.25, -0.2) is 4.39 Å². The van der Waals surface area contributed by atoms with Crippen molar-refractivity contribution < 1.29 is 13.9 Å². The molecule has 1 N–H and O–H groups in total. The fourth-order valence-electron chi connectivity index (χ4n) is 2.21. The fraction of sp³-hybridized carbons (Fsp3) is 0.368. The molecule has 0 saturated heterocycles. The van der Waals surface area contributed by atoms with E-state index in [4.69, 9.17) is 21.1 Å². The van der Waals surface area contributed by atoms with E-state index in [1.807, 2.05) is 19.1 Å². The monoisotopic (exact) mass is 351 g/mol. The summed E-state index contributed by atoms with van der Waals surface area (Å²) in [4.78, 5) is 0. The standard InChI is InChI=1S/C19H23ClFNO2/c1-4-23-18-10-14(11-22-13(2)3)9-16(20)19(18)24-12-15-7-5-6-8-17(15)21/h5-10,13,22H,4,11-12H2,1-3H3. The van der Waals surface area contributed by atoms with E-state index >= 15 is 0 Å². The van der Waals surface area contributed by atoms with Crippen LogP contribution in [-0.4, -0.2) is 12.6 Å². The predicted molar refractivity (Wildman–Crippen MR) is 95.3 cm³/mol. The van der Waals surface area contributed by atoms with Gasteiger partial charge in [0.1, 0.15) is 12.4 Å². The van der Waals surface area contributed by atoms with Crippen LogP contribution in [0.5, 0.6) is 11.5 Å². The van der Waals surface area contributed by atoms with Gasteiger partial charge in [-0.2, -0.15) is 0 Å². The SMILES string of the molecule is CCOc1cc(CNC(C)C)cc(Cl)c1OCc1ccccc1F. The second-order valence-corrected chi connectivity index (χ2v) is 6.16. The van der Waals surface area contributed by atoms with Crippen LogP contribution in [0, 0.1) is 5.82 Å². The van der Waals surface area contributed by atoms with Crippen molar-refractivity contribution in [2.75, 3.05) is 6.61 Å². The summed E-state index contributed by atoms with van der Waals surface area (Å²) in [6.45, 7) is 7.33. The van der Waals surface area contributed by atoms with Gasteiger partial charge in [-0.05, 0) is 30.7 Å². The van der Waals surface area contributed by atoms with Crippen LogP contribution in [0.3, 0.4) is 0 Å². The fourth-order valence-corrected chi connectivity index (χ4v) is 2.50. The van der Waals surface area contributed by atoms with Crippen molar-refractivity contribution in [2.24, 2.45) is 0 Å².